The van der Waals surface area contributed by atoms with E-state index in [-0.39, 0.29) is 12.2 Å². The summed E-state index contributed by atoms with van der Waals surface area (Å²) >= 11 is 0. The molecule has 0 bridgehead atoms. The highest BCUT2D eigenvalue weighted by Gasteiger charge is 2.44. The van der Waals surface area contributed by atoms with Gasteiger partial charge in [0.2, 0.25) is 0 Å². The van der Waals surface area contributed by atoms with Gasteiger partial charge in [0.25, 0.3) is 0 Å². The largest absolute Gasteiger partial charge is 0.394 e. The third-order valence-corrected chi connectivity index (χ3v) is 5.05. The number of carbonyl (C=O) groups excluding carboxylic acids is 1. The minimum Gasteiger partial charge on any atom is -0.394 e. The van der Waals surface area contributed by atoms with Gasteiger partial charge in [0.05, 0.1) is 12.7 Å². The predicted octanol–water partition coefficient (Wildman–Crippen LogP) is 1.21. The maximum Gasteiger partial charge on any atom is 0.187 e. The Labute approximate surface area is 169 Å². The lowest BCUT2D eigenvalue weighted by Crippen LogP contribution is -2.59. The molecular weight excluding hydrogens is 376 g/mol. The van der Waals surface area contributed by atoms with Gasteiger partial charge in [-0.1, -0.05) is 60.7 Å². The molecule has 0 saturated carbocycles. The Hall–Kier alpha value is -2.13. The van der Waals surface area contributed by atoms with Crippen molar-refractivity contribution in [1.82, 2.24) is 0 Å². The van der Waals surface area contributed by atoms with Crippen LogP contribution in [0.2, 0.25) is 0 Å². The summed E-state index contributed by atoms with van der Waals surface area (Å²) in [5.74, 6) is -0.0380. The van der Waals surface area contributed by atoms with Crippen molar-refractivity contribution in [3.05, 3.63) is 71.8 Å². The summed E-state index contributed by atoms with van der Waals surface area (Å²) in [4.78, 5) is 12.5. The van der Waals surface area contributed by atoms with Gasteiger partial charge < -0.3 is 29.9 Å². The van der Waals surface area contributed by atoms with Gasteiger partial charge >= 0.3 is 0 Å². The summed E-state index contributed by atoms with van der Waals surface area (Å²) in [5, 5.41) is 39.5. The number of Topliss-reactive ketones (excluding diaryl/α,β-unsaturated/α-hetero) is 1. The SMILES string of the molecule is O=C(CCC(O[C@@H]1O[C@H](CO)[C@@H](O)[C@H](O)[C@H]1O)c1ccccc1)c1ccccc1. The molecule has 1 aliphatic heterocycles. The first kappa shape index (κ1) is 21.6. The Balaban J connectivity index is 1.73. The second-order valence-corrected chi connectivity index (χ2v) is 7.06. The molecule has 7 heteroatoms. The number of hydrogen-bond donors (Lipinski definition) is 4. The summed E-state index contributed by atoms with van der Waals surface area (Å²) in [6, 6.07) is 18.1. The maximum absolute atomic E-state index is 12.5. The van der Waals surface area contributed by atoms with Crippen LogP contribution in [-0.2, 0) is 9.47 Å². The van der Waals surface area contributed by atoms with E-state index in [4.69, 9.17) is 9.47 Å². The van der Waals surface area contributed by atoms with Crippen LogP contribution in [0.15, 0.2) is 60.7 Å². The first-order valence-electron chi connectivity index (χ1n) is 9.60. The van der Waals surface area contributed by atoms with Gasteiger partial charge in [0.1, 0.15) is 24.4 Å². The maximum atomic E-state index is 12.5. The molecule has 0 aromatic heterocycles. The Morgan fingerprint density at radius 3 is 2.17 bits per heavy atom. The highest BCUT2D eigenvalue weighted by atomic mass is 16.7. The van der Waals surface area contributed by atoms with Gasteiger partial charge in [-0.3, -0.25) is 4.79 Å². The fourth-order valence-corrected chi connectivity index (χ4v) is 3.35. The van der Waals surface area contributed by atoms with Gasteiger partial charge in [-0.25, -0.2) is 0 Å². The van der Waals surface area contributed by atoms with E-state index < -0.39 is 43.4 Å². The van der Waals surface area contributed by atoms with Crippen molar-refractivity contribution in [2.24, 2.45) is 0 Å². The van der Waals surface area contributed by atoms with Gasteiger partial charge in [-0.15, -0.1) is 0 Å². The minimum atomic E-state index is -1.52. The van der Waals surface area contributed by atoms with E-state index in [1.54, 1.807) is 24.3 Å². The van der Waals surface area contributed by atoms with Crippen molar-refractivity contribution in [3.63, 3.8) is 0 Å². The molecule has 0 amide bonds. The van der Waals surface area contributed by atoms with Crippen molar-refractivity contribution < 1.29 is 34.7 Å². The summed E-state index contributed by atoms with van der Waals surface area (Å²) in [6.07, 6.45) is -6.84. The quantitative estimate of drug-likeness (QED) is 0.491. The molecule has 4 N–H and O–H groups in total. The molecule has 1 aliphatic rings. The van der Waals surface area contributed by atoms with E-state index in [2.05, 4.69) is 0 Å². The number of carbonyl (C=O) groups is 1. The molecule has 0 aliphatic carbocycles. The molecule has 2 aromatic rings. The second kappa shape index (κ2) is 10.1. The molecule has 7 nitrogen and oxygen atoms in total. The molecule has 156 valence electrons. The third kappa shape index (κ3) is 5.27. The first-order valence-corrected chi connectivity index (χ1v) is 9.60. The first-order chi connectivity index (χ1) is 14.0. The van der Waals surface area contributed by atoms with Crippen LogP contribution in [0, 0.1) is 0 Å². The number of benzene rings is 2. The van der Waals surface area contributed by atoms with Crippen LogP contribution >= 0.6 is 0 Å². The lowest BCUT2D eigenvalue weighted by molar-refractivity contribution is -0.312. The summed E-state index contributed by atoms with van der Waals surface area (Å²) in [6.45, 7) is -0.534. The zero-order valence-electron chi connectivity index (χ0n) is 15.9. The van der Waals surface area contributed by atoms with E-state index in [9.17, 15) is 25.2 Å². The molecule has 2 aromatic carbocycles. The van der Waals surface area contributed by atoms with Crippen molar-refractivity contribution in [3.8, 4) is 0 Å². The molecule has 0 radical (unpaired) electrons. The van der Waals surface area contributed by atoms with Crippen LogP contribution in [0.5, 0.6) is 0 Å². The normalized spacial score (nSPS) is 28.1. The molecule has 6 atom stereocenters. The van der Waals surface area contributed by atoms with Crippen LogP contribution in [0.3, 0.4) is 0 Å². The monoisotopic (exact) mass is 402 g/mol. The van der Waals surface area contributed by atoms with Crippen LogP contribution in [-0.4, -0.2) is 63.5 Å². The Morgan fingerprint density at radius 2 is 1.55 bits per heavy atom. The lowest BCUT2D eigenvalue weighted by atomic mass is 9.98. The van der Waals surface area contributed by atoms with Crippen LogP contribution in [0.4, 0.5) is 0 Å². The molecule has 1 heterocycles. The van der Waals surface area contributed by atoms with Gasteiger partial charge in [-0.05, 0) is 12.0 Å². The molecule has 1 saturated heterocycles. The van der Waals surface area contributed by atoms with E-state index in [0.717, 1.165) is 5.56 Å². The highest BCUT2D eigenvalue weighted by molar-refractivity contribution is 5.95. The highest BCUT2D eigenvalue weighted by Crippen LogP contribution is 2.30. The molecule has 1 unspecified atom stereocenters. The molecular formula is C22H26O7. The summed E-state index contributed by atoms with van der Waals surface area (Å²) in [5.41, 5.74) is 1.39. The van der Waals surface area contributed by atoms with Crippen molar-refractivity contribution >= 4 is 5.78 Å². The smallest absolute Gasteiger partial charge is 0.187 e. The van der Waals surface area contributed by atoms with Crippen molar-refractivity contribution in [1.29, 1.82) is 0 Å². The standard InChI is InChI=1S/C22H26O7/c23-13-18-19(25)20(26)21(27)22(29-18)28-17(15-9-5-2-6-10-15)12-11-16(24)14-7-3-1-4-8-14/h1-10,17-23,25-27H,11-13H2/t17?,18-,19-,20+,21-,22-/m1/s1. The average molecular weight is 402 g/mol. The van der Waals surface area contributed by atoms with Gasteiger partial charge in [-0.2, -0.15) is 0 Å². The Morgan fingerprint density at radius 1 is 0.931 bits per heavy atom. The fourth-order valence-electron chi connectivity index (χ4n) is 3.35. The van der Waals surface area contributed by atoms with Gasteiger partial charge in [0, 0.05) is 12.0 Å². The molecule has 3 rings (SSSR count). The number of hydrogen-bond acceptors (Lipinski definition) is 7. The number of aliphatic hydroxyl groups is 4. The molecule has 29 heavy (non-hydrogen) atoms. The molecule has 1 fully saturated rings. The fraction of sp³-hybridized carbons (Fsp3) is 0.409. The van der Waals surface area contributed by atoms with E-state index in [0.29, 0.717) is 12.0 Å². The van der Waals surface area contributed by atoms with Crippen molar-refractivity contribution in [2.45, 2.75) is 49.7 Å². The third-order valence-electron chi connectivity index (χ3n) is 5.05. The zero-order valence-corrected chi connectivity index (χ0v) is 15.9. The van der Waals surface area contributed by atoms with Gasteiger partial charge in [0.15, 0.2) is 12.1 Å². The Kier molecular flexibility index (Phi) is 7.49. The summed E-state index contributed by atoms with van der Waals surface area (Å²) < 4.78 is 11.4. The number of rotatable bonds is 8. The number of aliphatic hydroxyl groups excluding tert-OH is 4. The van der Waals surface area contributed by atoms with E-state index in [1.165, 1.54) is 0 Å². The van der Waals surface area contributed by atoms with E-state index >= 15 is 0 Å². The number of ether oxygens (including phenoxy) is 2. The Bertz CT molecular complexity index is 765. The van der Waals surface area contributed by atoms with Crippen LogP contribution < -0.4 is 0 Å². The van der Waals surface area contributed by atoms with Crippen molar-refractivity contribution in [2.75, 3.05) is 6.61 Å². The van der Waals surface area contributed by atoms with E-state index in [1.807, 2.05) is 36.4 Å². The number of ketones is 1. The topological polar surface area (TPSA) is 116 Å². The lowest BCUT2D eigenvalue weighted by Gasteiger charge is -2.41. The minimum absolute atomic E-state index is 0.0380. The van der Waals surface area contributed by atoms with Crippen LogP contribution in [0.25, 0.3) is 0 Å². The second-order valence-electron chi connectivity index (χ2n) is 7.06. The van der Waals surface area contributed by atoms with Crippen LogP contribution in [0.1, 0.15) is 34.9 Å². The molecule has 0 spiro atoms. The summed E-state index contributed by atoms with van der Waals surface area (Å²) in [7, 11) is 0. The predicted molar refractivity (Wildman–Crippen MR) is 104 cm³/mol. The average Bonchev–Trinajstić information content (AvgIpc) is 2.77. The zero-order chi connectivity index (χ0) is 20.8.